The van der Waals surface area contributed by atoms with Gasteiger partial charge in [-0.2, -0.15) is 0 Å². The van der Waals surface area contributed by atoms with Crippen LogP contribution in [0.15, 0.2) is 4.99 Å². The van der Waals surface area contributed by atoms with Crippen LogP contribution in [0.5, 0.6) is 0 Å². The molecule has 3 N–H and O–H groups in total. The van der Waals surface area contributed by atoms with Crippen molar-refractivity contribution in [1.29, 1.82) is 0 Å². The Labute approximate surface area is 139 Å². The van der Waals surface area contributed by atoms with E-state index in [2.05, 4.69) is 17.2 Å². The number of rotatable bonds is 9. The van der Waals surface area contributed by atoms with Gasteiger partial charge < -0.3 is 25.4 Å². The molecule has 0 bridgehead atoms. The molecule has 0 aromatic carbocycles. The van der Waals surface area contributed by atoms with Crippen LogP contribution < -0.4 is 11.1 Å². The van der Waals surface area contributed by atoms with E-state index < -0.39 is 0 Å². The van der Waals surface area contributed by atoms with E-state index in [-0.39, 0.29) is 12.1 Å². The Bertz CT molecular complexity index is 355. The van der Waals surface area contributed by atoms with Crippen LogP contribution in [0.3, 0.4) is 0 Å². The molecule has 1 fully saturated rings. The number of aliphatic imine (C=N–C) groups is 1. The predicted molar refractivity (Wildman–Crippen MR) is 91.6 cm³/mol. The summed E-state index contributed by atoms with van der Waals surface area (Å²) < 4.78 is 10.5. The van der Waals surface area contributed by atoms with E-state index in [1.54, 1.807) is 4.90 Å². The Morgan fingerprint density at radius 1 is 1.26 bits per heavy atom. The molecule has 0 aromatic heterocycles. The summed E-state index contributed by atoms with van der Waals surface area (Å²) in [6.07, 6.45) is 4.63. The second-order valence-electron chi connectivity index (χ2n) is 5.69. The lowest BCUT2D eigenvalue weighted by molar-refractivity contribution is 0.0963. The number of carbonyl (C=O) groups is 1. The number of nitrogens with one attached hydrogen (secondary N) is 1. The highest BCUT2D eigenvalue weighted by molar-refractivity contribution is 5.78. The van der Waals surface area contributed by atoms with Crippen molar-refractivity contribution >= 4 is 12.1 Å². The van der Waals surface area contributed by atoms with Crippen molar-refractivity contribution < 1.29 is 14.3 Å². The Balaban J connectivity index is 2.12. The lowest BCUT2D eigenvalue weighted by atomic mass is 10.1. The van der Waals surface area contributed by atoms with Crippen LogP contribution in [0.4, 0.5) is 4.79 Å². The first-order valence-corrected chi connectivity index (χ1v) is 8.73. The van der Waals surface area contributed by atoms with Gasteiger partial charge in [0.1, 0.15) is 0 Å². The SMILES string of the molecule is CCCCOCCCN=C(N)NC1CCN(C(=O)OCC)CC1. The number of likely N-dealkylation sites (tertiary alicyclic amines) is 1. The molecule has 0 radical (unpaired) electrons. The van der Waals surface area contributed by atoms with Gasteiger partial charge in [0.05, 0.1) is 6.61 Å². The molecule has 0 saturated carbocycles. The average Bonchev–Trinajstić information content (AvgIpc) is 2.55. The fourth-order valence-corrected chi connectivity index (χ4v) is 2.39. The van der Waals surface area contributed by atoms with Crippen LogP contribution in [0.1, 0.15) is 46.0 Å². The number of carbonyl (C=O) groups excluding carboxylic acids is 1. The minimum atomic E-state index is -0.226. The molecule has 0 aliphatic carbocycles. The van der Waals surface area contributed by atoms with Crippen molar-refractivity contribution in [3.63, 3.8) is 0 Å². The predicted octanol–water partition coefficient (Wildman–Crippen LogP) is 1.72. The number of amides is 1. The van der Waals surface area contributed by atoms with E-state index in [4.69, 9.17) is 15.2 Å². The molecule has 7 heteroatoms. The van der Waals surface area contributed by atoms with Gasteiger partial charge in [-0.15, -0.1) is 0 Å². The van der Waals surface area contributed by atoms with Crippen molar-refractivity contribution in [3.8, 4) is 0 Å². The number of nitrogens with two attached hydrogens (primary N) is 1. The number of hydrogen-bond donors (Lipinski definition) is 2. The van der Waals surface area contributed by atoms with Crippen molar-refractivity contribution in [2.45, 2.75) is 52.0 Å². The van der Waals surface area contributed by atoms with E-state index >= 15 is 0 Å². The van der Waals surface area contributed by atoms with E-state index in [1.807, 2.05) is 6.92 Å². The van der Waals surface area contributed by atoms with E-state index in [9.17, 15) is 4.79 Å². The Kier molecular flexibility index (Phi) is 10.2. The molecular formula is C16H32N4O3. The molecule has 1 heterocycles. The maximum atomic E-state index is 11.6. The zero-order valence-corrected chi connectivity index (χ0v) is 14.6. The third-order valence-electron chi connectivity index (χ3n) is 3.74. The third kappa shape index (κ3) is 8.64. The van der Waals surface area contributed by atoms with Gasteiger partial charge in [0.2, 0.25) is 0 Å². The highest BCUT2D eigenvalue weighted by Gasteiger charge is 2.23. The number of unbranched alkanes of at least 4 members (excludes halogenated alkanes) is 1. The quantitative estimate of drug-likeness (QED) is 0.382. The molecule has 23 heavy (non-hydrogen) atoms. The van der Waals surface area contributed by atoms with Crippen molar-refractivity contribution in [3.05, 3.63) is 0 Å². The minimum absolute atomic E-state index is 0.226. The monoisotopic (exact) mass is 328 g/mol. The molecule has 7 nitrogen and oxygen atoms in total. The first-order chi connectivity index (χ1) is 11.2. The first-order valence-electron chi connectivity index (χ1n) is 8.73. The zero-order valence-electron chi connectivity index (χ0n) is 14.6. The number of nitrogens with zero attached hydrogens (tertiary/aromatic N) is 2. The molecule has 1 aliphatic heterocycles. The number of piperidine rings is 1. The lowest BCUT2D eigenvalue weighted by Crippen LogP contribution is -2.48. The summed E-state index contributed by atoms with van der Waals surface area (Å²) in [4.78, 5) is 17.7. The second kappa shape index (κ2) is 12.0. The van der Waals surface area contributed by atoms with Crippen LogP contribution >= 0.6 is 0 Å². The van der Waals surface area contributed by atoms with Gasteiger partial charge in [-0.1, -0.05) is 13.3 Å². The largest absolute Gasteiger partial charge is 0.450 e. The Morgan fingerprint density at radius 2 is 1.96 bits per heavy atom. The summed E-state index contributed by atoms with van der Waals surface area (Å²) in [5, 5.41) is 3.23. The summed E-state index contributed by atoms with van der Waals surface area (Å²) >= 11 is 0. The van der Waals surface area contributed by atoms with Gasteiger partial charge in [-0.3, -0.25) is 4.99 Å². The maximum Gasteiger partial charge on any atom is 0.409 e. The summed E-state index contributed by atoms with van der Waals surface area (Å²) in [6.45, 7) is 7.99. The van der Waals surface area contributed by atoms with Gasteiger partial charge in [0, 0.05) is 38.9 Å². The molecule has 1 amide bonds. The molecule has 1 rings (SSSR count). The number of guanidine groups is 1. The molecule has 0 spiro atoms. The molecular weight excluding hydrogens is 296 g/mol. The third-order valence-corrected chi connectivity index (χ3v) is 3.74. The molecule has 0 atom stereocenters. The minimum Gasteiger partial charge on any atom is -0.450 e. The van der Waals surface area contributed by atoms with Crippen LogP contribution in [0.25, 0.3) is 0 Å². The summed E-state index contributed by atoms with van der Waals surface area (Å²) in [6, 6.07) is 0.269. The second-order valence-corrected chi connectivity index (χ2v) is 5.69. The van der Waals surface area contributed by atoms with Gasteiger partial charge in [-0.05, 0) is 32.6 Å². The van der Waals surface area contributed by atoms with E-state index in [0.29, 0.717) is 32.2 Å². The average molecular weight is 328 g/mol. The van der Waals surface area contributed by atoms with Gasteiger partial charge in [-0.25, -0.2) is 4.79 Å². The zero-order chi connectivity index (χ0) is 16.9. The van der Waals surface area contributed by atoms with Crippen LogP contribution in [0.2, 0.25) is 0 Å². The van der Waals surface area contributed by atoms with Crippen LogP contribution in [0, 0.1) is 0 Å². The molecule has 1 saturated heterocycles. The van der Waals surface area contributed by atoms with Crippen LogP contribution in [-0.4, -0.2) is 62.4 Å². The Morgan fingerprint density at radius 3 is 2.61 bits per heavy atom. The summed E-state index contributed by atoms with van der Waals surface area (Å²) in [5.41, 5.74) is 5.90. The van der Waals surface area contributed by atoms with E-state index in [1.165, 1.54) is 0 Å². The normalized spacial score (nSPS) is 16.4. The molecule has 0 aromatic rings. The summed E-state index contributed by atoms with van der Waals surface area (Å²) in [5.74, 6) is 0.480. The van der Waals surface area contributed by atoms with Gasteiger partial charge >= 0.3 is 6.09 Å². The topological polar surface area (TPSA) is 89.2 Å². The molecule has 0 unspecified atom stereocenters. The van der Waals surface area contributed by atoms with Crippen molar-refractivity contribution in [2.75, 3.05) is 39.5 Å². The smallest absolute Gasteiger partial charge is 0.409 e. The Hall–Kier alpha value is -1.50. The first kappa shape index (κ1) is 19.5. The summed E-state index contributed by atoms with van der Waals surface area (Å²) in [7, 11) is 0. The highest BCUT2D eigenvalue weighted by atomic mass is 16.6. The van der Waals surface area contributed by atoms with Gasteiger partial charge in [0.15, 0.2) is 5.96 Å². The van der Waals surface area contributed by atoms with Gasteiger partial charge in [0.25, 0.3) is 0 Å². The number of ether oxygens (including phenoxy) is 2. The van der Waals surface area contributed by atoms with E-state index in [0.717, 1.165) is 45.3 Å². The van der Waals surface area contributed by atoms with Crippen molar-refractivity contribution in [1.82, 2.24) is 10.2 Å². The van der Waals surface area contributed by atoms with Crippen molar-refractivity contribution in [2.24, 2.45) is 10.7 Å². The fourth-order valence-electron chi connectivity index (χ4n) is 2.39. The van der Waals surface area contributed by atoms with Crippen LogP contribution in [-0.2, 0) is 9.47 Å². The molecule has 134 valence electrons. The lowest BCUT2D eigenvalue weighted by Gasteiger charge is -2.31. The standard InChI is InChI=1S/C16H32N4O3/c1-3-5-12-22-13-6-9-18-15(17)19-14-7-10-20(11-8-14)16(21)23-4-2/h14H,3-13H2,1-2H3,(H3,17,18,19). The molecule has 1 aliphatic rings. The highest BCUT2D eigenvalue weighted by Crippen LogP contribution is 2.11. The fraction of sp³-hybridized carbons (Fsp3) is 0.875. The number of hydrogen-bond acceptors (Lipinski definition) is 4. The maximum absolute atomic E-state index is 11.6.